The summed E-state index contributed by atoms with van der Waals surface area (Å²) in [6.45, 7) is 7.17. The number of carbonyl (C=O) groups is 1. The van der Waals surface area contributed by atoms with Crippen LogP contribution in [-0.4, -0.2) is 17.1 Å². The highest BCUT2D eigenvalue weighted by Gasteiger charge is 2.11. The third-order valence-electron chi connectivity index (χ3n) is 4.28. The second-order valence-corrected chi connectivity index (χ2v) is 7.78. The van der Waals surface area contributed by atoms with E-state index < -0.39 is 0 Å². The Morgan fingerprint density at radius 2 is 2.04 bits per heavy atom. The first-order chi connectivity index (χ1) is 13.6. The number of fused-ring (bicyclic) bond motifs is 1. The molecule has 0 saturated heterocycles. The van der Waals surface area contributed by atoms with Gasteiger partial charge < -0.3 is 9.30 Å². The molecule has 0 atom stereocenters. The highest BCUT2D eigenvalue weighted by Crippen LogP contribution is 2.25. The fourth-order valence-electron chi connectivity index (χ4n) is 2.86. The topological polar surface area (TPSA) is 43.6 Å². The number of benzene rings is 2. The second-order valence-electron chi connectivity index (χ2n) is 6.37. The number of nitrogens with zero attached hydrogens (tertiary/aromatic N) is 2. The Labute approximate surface area is 173 Å². The monoisotopic (exact) mass is 414 g/mol. The number of ether oxygens (including phenoxy) is 1. The van der Waals surface area contributed by atoms with Crippen molar-refractivity contribution in [1.29, 1.82) is 0 Å². The van der Waals surface area contributed by atoms with Crippen LogP contribution in [0.4, 0.5) is 0 Å². The van der Waals surface area contributed by atoms with Gasteiger partial charge in [0.05, 0.1) is 21.8 Å². The van der Waals surface area contributed by atoms with Gasteiger partial charge in [-0.15, -0.1) is 6.58 Å². The summed E-state index contributed by atoms with van der Waals surface area (Å²) in [5.41, 5.74) is 1.39. The van der Waals surface area contributed by atoms with Gasteiger partial charge in [-0.3, -0.25) is 4.79 Å². The lowest BCUT2D eigenvalue weighted by molar-refractivity contribution is 0.0998. The van der Waals surface area contributed by atoms with Crippen LogP contribution in [0, 0.1) is 0 Å². The number of unbranched alkanes of at least 4 members (excludes halogenated alkanes) is 2. The van der Waals surface area contributed by atoms with Crippen molar-refractivity contribution in [2.45, 2.75) is 32.7 Å². The molecule has 3 rings (SSSR count). The summed E-state index contributed by atoms with van der Waals surface area (Å²) in [5, 5.41) is 0.633. The lowest BCUT2D eigenvalue weighted by Crippen LogP contribution is -2.16. The highest BCUT2D eigenvalue weighted by atomic mass is 35.5. The zero-order valence-corrected chi connectivity index (χ0v) is 17.4. The molecule has 4 nitrogen and oxygen atoms in total. The summed E-state index contributed by atoms with van der Waals surface area (Å²) in [6.07, 6.45) is 5.11. The SMILES string of the molecule is C=CCn1c(=NC(=O)c2ccc(OCCCCC)cc2)sc2cccc(Cl)c21. The largest absolute Gasteiger partial charge is 0.494 e. The Hall–Kier alpha value is -2.37. The third-order valence-corrected chi connectivity index (χ3v) is 5.63. The van der Waals surface area contributed by atoms with Gasteiger partial charge in [0.2, 0.25) is 0 Å². The van der Waals surface area contributed by atoms with Crippen molar-refractivity contribution in [3.8, 4) is 5.75 Å². The molecule has 0 aliphatic carbocycles. The molecule has 0 radical (unpaired) electrons. The Morgan fingerprint density at radius 1 is 1.25 bits per heavy atom. The van der Waals surface area contributed by atoms with E-state index in [1.165, 1.54) is 11.3 Å². The fraction of sp³-hybridized carbons (Fsp3) is 0.273. The van der Waals surface area contributed by atoms with Gasteiger partial charge in [-0.1, -0.05) is 54.8 Å². The predicted octanol–water partition coefficient (Wildman–Crippen LogP) is 5.85. The van der Waals surface area contributed by atoms with Crippen LogP contribution in [-0.2, 0) is 6.54 Å². The molecular formula is C22H23ClN2O2S. The van der Waals surface area contributed by atoms with E-state index in [1.807, 2.05) is 34.9 Å². The maximum absolute atomic E-state index is 12.7. The second kappa shape index (κ2) is 9.71. The van der Waals surface area contributed by atoms with Crippen LogP contribution in [0.25, 0.3) is 10.2 Å². The number of carbonyl (C=O) groups excluding carboxylic acids is 1. The molecule has 0 unspecified atom stereocenters. The standard InChI is InChI=1S/C22H23ClN2O2S/c1-3-5-6-15-27-17-12-10-16(11-13-17)21(26)24-22-25(14-4-2)20-18(23)8-7-9-19(20)28-22/h4,7-13H,2-3,5-6,14-15H2,1H3. The van der Waals surface area contributed by atoms with Crippen LogP contribution in [0.1, 0.15) is 36.5 Å². The van der Waals surface area contributed by atoms with Crippen LogP contribution < -0.4 is 9.54 Å². The van der Waals surface area contributed by atoms with Gasteiger partial charge in [-0.25, -0.2) is 0 Å². The van der Waals surface area contributed by atoms with E-state index in [9.17, 15) is 4.79 Å². The van der Waals surface area contributed by atoms with Crippen LogP contribution in [0.15, 0.2) is 60.1 Å². The van der Waals surface area contributed by atoms with Gasteiger partial charge in [0.25, 0.3) is 5.91 Å². The van der Waals surface area contributed by atoms with E-state index in [0.29, 0.717) is 28.5 Å². The molecule has 1 aromatic heterocycles. The molecule has 0 fully saturated rings. The molecule has 0 spiro atoms. The maximum Gasteiger partial charge on any atom is 0.279 e. The number of para-hydroxylation sites is 1. The molecule has 0 aliphatic heterocycles. The summed E-state index contributed by atoms with van der Waals surface area (Å²) in [4.78, 5) is 17.6. The van der Waals surface area contributed by atoms with Gasteiger partial charge in [0, 0.05) is 12.1 Å². The van der Waals surface area contributed by atoms with Crippen molar-refractivity contribution in [1.82, 2.24) is 4.57 Å². The number of aromatic nitrogens is 1. The lowest BCUT2D eigenvalue weighted by Gasteiger charge is -2.06. The third kappa shape index (κ3) is 4.72. The Balaban J connectivity index is 1.85. The van der Waals surface area contributed by atoms with Crippen molar-refractivity contribution < 1.29 is 9.53 Å². The van der Waals surface area contributed by atoms with Crippen molar-refractivity contribution in [2.75, 3.05) is 6.61 Å². The molecular weight excluding hydrogens is 392 g/mol. The van der Waals surface area contributed by atoms with Gasteiger partial charge in [0.1, 0.15) is 5.75 Å². The Morgan fingerprint density at radius 3 is 2.75 bits per heavy atom. The quantitative estimate of drug-likeness (QED) is 0.342. The molecule has 0 saturated carbocycles. The molecule has 1 amide bonds. The molecule has 0 N–H and O–H groups in total. The number of hydrogen-bond donors (Lipinski definition) is 0. The zero-order valence-electron chi connectivity index (χ0n) is 15.9. The van der Waals surface area contributed by atoms with Crippen molar-refractivity contribution in [3.63, 3.8) is 0 Å². The number of amides is 1. The van der Waals surface area contributed by atoms with Crippen molar-refractivity contribution >= 4 is 39.1 Å². The van der Waals surface area contributed by atoms with E-state index in [4.69, 9.17) is 16.3 Å². The molecule has 0 bridgehead atoms. The summed E-state index contributed by atoms with van der Waals surface area (Å²) in [6, 6.07) is 12.8. The van der Waals surface area contributed by atoms with Crippen LogP contribution in [0.3, 0.4) is 0 Å². The van der Waals surface area contributed by atoms with Gasteiger partial charge >= 0.3 is 0 Å². The molecule has 0 aliphatic rings. The predicted molar refractivity (Wildman–Crippen MR) is 116 cm³/mol. The van der Waals surface area contributed by atoms with Gasteiger partial charge in [0.15, 0.2) is 4.80 Å². The van der Waals surface area contributed by atoms with E-state index in [2.05, 4.69) is 18.5 Å². The maximum atomic E-state index is 12.7. The molecule has 28 heavy (non-hydrogen) atoms. The minimum absolute atomic E-state index is 0.293. The minimum Gasteiger partial charge on any atom is -0.494 e. The zero-order chi connectivity index (χ0) is 19.9. The van der Waals surface area contributed by atoms with Crippen LogP contribution >= 0.6 is 22.9 Å². The first kappa shape index (κ1) is 20.4. The highest BCUT2D eigenvalue weighted by molar-refractivity contribution is 7.16. The average molecular weight is 415 g/mol. The Bertz CT molecular complexity index is 1030. The van der Waals surface area contributed by atoms with E-state index in [1.54, 1.807) is 18.2 Å². The smallest absolute Gasteiger partial charge is 0.279 e. The number of hydrogen-bond acceptors (Lipinski definition) is 3. The number of rotatable bonds is 8. The Kier molecular flexibility index (Phi) is 7.06. The molecule has 1 heterocycles. The number of halogens is 1. The van der Waals surface area contributed by atoms with Gasteiger partial charge in [-0.05, 0) is 42.8 Å². The first-order valence-corrected chi connectivity index (χ1v) is 10.5. The molecule has 6 heteroatoms. The molecule has 3 aromatic rings. The fourth-order valence-corrected chi connectivity index (χ4v) is 4.26. The van der Waals surface area contributed by atoms with Crippen molar-refractivity contribution in [3.05, 3.63) is 70.5 Å². The van der Waals surface area contributed by atoms with E-state index >= 15 is 0 Å². The van der Waals surface area contributed by atoms with Crippen molar-refractivity contribution in [2.24, 2.45) is 4.99 Å². The minimum atomic E-state index is -0.293. The first-order valence-electron chi connectivity index (χ1n) is 9.34. The van der Waals surface area contributed by atoms with Crippen LogP contribution in [0.2, 0.25) is 5.02 Å². The summed E-state index contributed by atoms with van der Waals surface area (Å²) in [5.74, 6) is 0.473. The number of allylic oxidation sites excluding steroid dienone is 1. The number of thiazole rings is 1. The van der Waals surface area contributed by atoms with Gasteiger partial charge in [-0.2, -0.15) is 4.99 Å². The van der Waals surface area contributed by atoms with E-state index in [-0.39, 0.29) is 5.91 Å². The van der Waals surface area contributed by atoms with E-state index in [0.717, 1.165) is 35.2 Å². The lowest BCUT2D eigenvalue weighted by atomic mass is 10.2. The van der Waals surface area contributed by atoms with Crippen LogP contribution in [0.5, 0.6) is 5.75 Å². The summed E-state index contributed by atoms with van der Waals surface area (Å²) in [7, 11) is 0. The average Bonchev–Trinajstić information content (AvgIpc) is 3.04. The molecule has 2 aromatic carbocycles. The normalized spacial score (nSPS) is 11.7. The molecule has 146 valence electrons. The summed E-state index contributed by atoms with van der Waals surface area (Å²) >= 11 is 7.79. The summed E-state index contributed by atoms with van der Waals surface area (Å²) < 4.78 is 8.59.